The van der Waals surface area contributed by atoms with Crippen molar-refractivity contribution in [2.24, 2.45) is 5.92 Å². The highest BCUT2D eigenvalue weighted by Gasteiger charge is 2.27. The van der Waals surface area contributed by atoms with Crippen molar-refractivity contribution < 1.29 is 14.2 Å². The molecule has 182 valence electrons. The number of benzene rings is 2. The summed E-state index contributed by atoms with van der Waals surface area (Å²) in [6.07, 6.45) is 7.40. The van der Waals surface area contributed by atoms with Crippen LogP contribution in [-0.2, 0) is 12.8 Å². The molecule has 0 bridgehead atoms. The van der Waals surface area contributed by atoms with E-state index in [-0.39, 0.29) is 0 Å². The lowest BCUT2D eigenvalue weighted by molar-refractivity contribution is 0.324. The van der Waals surface area contributed by atoms with Gasteiger partial charge in [-0.25, -0.2) is 9.50 Å². The Kier molecular flexibility index (Phi) is 6.56. The van der Waals surface area contributed by atoms with E-state index < -0.39 is 0 Å². The second kappa shape index (κ2) is 9.78. The van der Waals surface area contributed by atoms with Crippen LogP contribution in [0.4, 0.5) is 0 Å². The Morgan fingerprint density at radius 3 is 2.34 bits per heavy atom. The minimum absolute atomic E-state index is 0.573. The third-order valence-corrected chi connectivity index (χ3v) is 7.18. The van der Waals surface area contributed by atoms with Gasteiger partial charge in [0.2, 0.25) is 5.75 Å². The molecular formula is C28H30ClN3O3. The molecule has 7 heteroatoms. The zero-order chi connectivity index (χ0) is 24.5. The lowest BCUT2D eigenvalue weighted by Crippen LogP contribution is -2.20. The summed E-state index contributed by atoms with van der Waals surface area (Å²) in [5.41, 5.74) is 7.22. The number of aryl methyl sites for hydroxylation is 1. The lowest BCUT2D eigenvalue weighted by Gasteiger charge is -2.27. The normalized spacial score (nSPS) is 15.2. The van der Waals surface area contributed by atoms with Gasteiger partial charge in [-0.1, -0.05) is 43.5 Å². The van der Waals surface area contributed by atoms with Crippen molar-refractivity contribution in [1.29, 1.82) is 0 Å². The first-order valence-electron chi connectivity index (χ1n) is 12.0. The third-order valence-electron chi connectivity index (χ3n) is 6.92. The number of nitrogens with zero attached hydrogens (tertiary/aromatic N) is 3. The molecule has 0 fully saturated rings. The van der Waals surface area contributed by atoms with Crippen LogP contribution in [0.5, 0.6) is 17.2 Å². The fraction of sp³-hybridized carbons (Fsp3) is 0.357. The molecule has 0 unspecified atom stereocenters. The summed E-state index contributed by atoms with van der Waals surface area (Å²) >= 11 is 6.14. The van der Waals surface area contributed by atoms with E-state index in [4.69, 9.17) is 35.9 Å². The average molecular weight is 492 g/mol. The first-order chi connectivity index (χ1) is 17.1. The van der Waals surface area contributed by atoms with E-state index in [1.54, 1.807) is 21.3 Å². The van der Waals surface area contributed by atoms with Crippen LogP contribution >= 0.6 is 11.6 Å². The molecular weight excluding hydrogens is 462 g/mol. The van der Waals surface area contributed by atoms with Crippen molar-refractivity contribution in [2.75, 3.05) is 21.3 Å². The van der Waals surface area contributed by atoms with Gasteiger partial charge in [-0.3, -0.25) is 0 Å². The Labute approximate surface area is 210 Å². The molecule has 0 aliphatic heterocycles. The molecule has 2 aromatic heterocycles. The predicted octanol–water partition coefficient (Wildman–Crippen LogP) is 6.65. The highest BCUT2D eigenvalue weighted by molar-refractivity contribution is 6.30. The van der Waals surface area contributed by atoms with Gasteiger partial charge in [0.25, 0.3) is 0 Å². The fourth-order valence-corrected chi connectivity index (χ4v) is 5.36. The molecule has 0 saturated heterocycles. The predicted molar refractivity (Wildman–Crippen MR) is 139 cm³/mol. The first kappa shape index (κ1) is 23.5. The van der Waals surface area contributed by atoms with Crippen LogP contribution in [0.3, 0.4) is 0 Å². The summed E-state index contributed by atoms with van der Waals surface area (Å²) in [6, 6.07) is 11.8. The molecule has 0 radical (unpaired) electrons. The highest BCUT2D eigenvalue weighted by Crippen LogP contribution is 2.43. The molecule has 0 N–H and O–H groups in total. The summed E-state index contributed by atoms with van der Waals surface area (Å²) in [5, 5.41) is 5.49. The number of hydrogen-bond donors (Lipinski definition) is 0. The van der Waals surface area contributed by atoms with Crippen molar-refractivity contribution in [3.63, 3.8) is 0 Å². The van der Waals surface area contributed by atoms with Gasteiger partial charge < -0.3 is 14.2 Å². The highest BCUT2D eigenvalue weighted by atomic mass is 35.5. The van der Waals surface area contributed by atoms with Gasteiger partial charge >= 0.3 is 0 Å². The quantitative estimate of drug-likeness (QED) is 0.290. The topological polar surface area (TPSA) is 57.9 Å². The minimum atomic E-state index is 0.573. The molecule has 0 spiro atoms. The summed E-state index contributed by atoms with van der Waals surface area (Å²) in [6.45, 7) is 2.25. The molecule has 1 atom stereocenters. The van der Waals surface area contributed by atoms with Crippen LogP contribution < -0.4 is 14.2 Å². The third kappa shape index (κ3) is 4.20. The number of fused-ring (bicyclic) bond motifs is 3. The maximum Gasteiger partial charge on any atom is 0.203 e. The van der Waals surface area contributed by atoms with Gasteiger partial charge in [-0.2, -0.15) is 5.10 Å². The van der Waals surface area contributed by atoms with E-state index in [1.807, 2.05) is 47.1 Å². The molecule has 1 aliphatic carbocycles. The number of halogens is 1. The molecule has 1 aliphatic rings. The zero-order valence-electron chi connectivity index (χ0n) is 20.6. The number of methoxy groups -OCH3 is 3. The molecule has 35 heavy (non-hydrogen) atoms. The van der Waals surface area contributed by atoms with E-state index in [2.05, 4.69) is 6.92 Å². The van der Waals surface area contributed by atoms with E-state index >= 15 is 0 Å². The molecule has 6 nitrogen and oxygen atoms in total. The fourth-order valence-electron chi connectivity index (χ4n) is 5.23. The van der Waals surface area contributed by atoms with Crippen LogP contribution in [0.15, 0.2) is 42.6 Å². The minimum Gasteiger partial charge on any atom is -0.493 e. The van der Waals surface area contributed by atoms with Crippen LogP contribution in [0.25, 0.3) is 28.0 Å². The largest absolute Gasteiger partial charge is 0.493 e. The maximum atomic E-state index is 6.14. The van der Waals surface area contributed by atoms with E-state index in [0.717, 1.165) is 47.3 Å². The van der Waals surface area contributed by atoms with Crippen LogP contribution in [-0.4, -0.2) is 35.9 Å². The number of ether oxygens (including phenoxy) is 3. The summed E-state index contributed by atoms with van der Waals surface area (Å²) in [7, 11) is 4.90. The zero-order valence-corrected chi connectivity index (χ0v) is 21.4. The molecule has 2 aromatic carbocycles. The van der Waals surface area contributed by atoms with Crippen LogP contribution in [0.2, 0.25) is 5.02 Å². The summed E-state index contributed by atoms with van der Waals surface area (Å²) in [4.78, 5) is 5.23. The number of aromatic nitrogens is 3. The van der Waals surface area contributed by atoms with Gasteiger partial charge in [-0.05, 0) is 55.0 Å². The molecule has 2 heterocycles. The van der Waals surface area contributed by atoms with E-state index in [9.17, 15) is 0 Å². The van der Waals surface area contributed by atoms with Crippen LogP contribution in [0, 0.1) is 5.92 Å². The van der Waals surface area contributed by atoms with Crippen LogP contribution in [0.1, 0.15) is 37.4 Å². The van der Waals surface area contributed by atoms with Crippen molar-refractivity contribution in [3.8, 4) is 39.6 Å². The second-order valence-corrected chi connectivity index (χ2v) is 9.43. The monoisotopic (exact) mass is 491 g/mol. The van der Waals surface area contributed by atoms with Crippen molar-refractivity contribution in [2.45, 2.75) is 39.0 Å². The van der Waals surface area contributed by atoms with Gasteiger partial charge in [0.15, 0.2) is 17.1 Å². The Morgan fingerprint density at radius 2 is 1.71 bits per heavy atom. The second-order valence-electron chi connectivity index (χ2n) is 9.00. The van der Waals surface area contributed by atoms with Gasteiger partial charge in [0, 0.05) is 27.4 Å². The van der Waals surface area contributed by atoms with Crippen molar-refractivity contribution >= 4 is 17.2 Å². The van der Waals surface area contributed by atoms with Gasteiger partial charge in [0.1, 0.15) is 0 Å². The molecule has 5 rings (SSSR count). The average Bonchev–Trinajstić information content (AvgIpc) is 3.32. The maximum absolute atomic E-state index is 6.14. The van der Waals surface area contributed by atoms with Gasteiger partial charge in [0.05, 0.1) is 33.2 Å². The smallest absolute Gasteiger partial charge is 0.203 e. The summed E-state index contributed by atoms with van der Waals surface area (Å²) in [5.74, 6) is 2.44. The molecule has 0 saturated carbocycles. The Bertz CT molecular complexity index is 1340. The molecule has 0 amide bonds. The number of hydrogen-bond acceptors (Lipinski definition) is 5. The van der Waals surface area contributed by atoms with E-state index in [0.29, 0.717) is 28.2 Å². The lowest BCUT2D eigenvalue weighted by atomic mass is 9.82. The first-order valence-corrected chi connectivity index (χ1v) is 12.4. The molecule has 4 aromatic rings. The standard InChI is InChI=1S/C28H30ClN3O3/c1-5-6-17-7-12-23-21(13-17)26(19-14-24(33-2)27(35-4)25(15-19)34-3)31-28-22(16-30-32(23)28)18-8-10-20(29)11-9-18/h8-11,14-17H,5-7,12-13H2,1-4H3/t17-/m1/s1. The number of rotatable bonds is 7. The van der Waals surface area contributed by atoms with Crippen molar-refractivity contribution in [1.82, 2.24) is 14.6 Å². The van der Waals surface area contributed by atoms with Crippen molar-refractivity contribution in [3.05, 3.63) is 58.9 Å². The summed E-state index contributed by atoms with van der Waals surface area (Å²) < 4.78 is 18.9. The SMILES string of the molecule is CCC[C@@H]1CCc2c(c(-c3cc(OC)c(OC)c(OC)c3)nc3c(-c4ccc(Cl)cc4)cnn23)C1. The Morgan fingerprint density at radius 1 is 1.00 bits per heavy atom. The Balaban J connectivity index is 1.77. The van der Waals surface area contributed by atoms with E-state index in [1.165, 1.54) is 24.1 Å². The van der Waals surface area contributed by atoms with Gasteiger partial charge in [-0.15, -0.1) is 0 Å². The Hall–Kier alpha value is -3.25.